The first-order valence-corrected chi connectivity index (χ1v) is 8.39. The Morgan fingerprint density at radius 2 is 2.04 bits per heavy atom. The molecule has 0 fully saturated rings. The van der Waals surface area contributed by atoms with Gasteiger partial charge in [-0.3, -0.25) is 4.79 Å². The number of rotatable bonds is 6. The summed E-state index contributed by atoms with van der Waals surface area (Å²) >= 11 is 0. The predicted octanol–water partition coefficient (Wildman–Crippen LogP) is 1.92. The Hall–Kier alpha value is -3.22. The number of anilines is 1. The van der Waals surface area contributed by atoms with Crippen molar-refractivity contribution in [2.45, 2.75) is 6.42 Å². The Morgan fingerprint density at radius 3 is 2.77 bits per heavy atom. The van der Waals surface area contributed by atoms with E-state index in [1.54, 1.807) is 12.3 Å². The zero-order valence-corrected chi connectivity index (χ0v) is 15.2. The summed E-state index contributed by atoms with van der Waals surface area (Å²) in [6.45, 7) is 0.534. The highest BCUT2D eigenvalue weighted by Gasteiger charge is 2.09. The van der Waals surface area contributed by atoms with E-state index in [0.29, 0.717) is 18.5 Å². The molecule has 134 valence electrons. The predicted molar refractivity (Wildman–Crippen MR) is 101 cm³/mol. The zero-order valence-electron chi connectivity index (χ0n) is 15.2. The molecular weight excluding hydrogens is 328 g/mol. The Balaban J connectivity index is 1.69. The maximum atomic E-state index is 12.4. The van der Waals surface area contributed by atoms with Crippen molar-refractivity contribution in [3.8, 4) is 11.3 Å². The largest absolute Gasteiger partial charge is 0.363 e. The molecule has 2 heterocycles. The molecular formula is C19H22N6O. The standard InChI is InChI=1S/C19H22N6O/c1-24(2)18-12-16(22-13-23-18)14-5-4-6-15(11-14)19(26)21-8-7-17-20-9-10-25(17)3/h4-6,9-13H,7-8H2,1-3H3,(H,21,26). The van der Waals surface area contributed by atoms with Crippen molar-refractivity contribution in [1.29, 1.82) is 0 Å². The molecule has 7 heteroatoms. The van der Waals surface area contributed by atoms with E-state index in [0.717, 1.165) is 22.9 Å². The molecule has 0 saturated carbocycles. The van der Waals surface area contributed by atoms with E-state index in [-0.39, 0.29) is 5.91 Å². The lowest BCUT2D eigenvalue weighted by Gasteiger charge is -2.12. The molecule has 1 aromatic carbocycles. The monoisotopic (exact) mass is 350 g/mol. The molecule has 0 aliphatic rings. The number of benzene rings is 1. The summed E-state index contributed by atoms with van der Waals surface area (Å²) in [6, 6.07) is 9.34. The molecule has 7 nitrogen and oxygen atoms in total. The van der Waals surface area contributed by atoms with Crippen LogP contribution in [0.5, 0.6) is 0 Å². The van der Waals surface area contributed by atoms with E-state index in [1.807, 2.05) is 61.1 Å². The van der Waals surface area contributed by atoms with Crippen molar-refractivity contribution >= 4 is 11.7 Å². The molecule has 0 unspecified atom stereocenters. The van der Waals surface area contributed by atoms with Crippen LogP contribution in [0.3, 0.4) is 0 Å². The Kier molecular flexibility index (Phi) is 5.26. The first-order valence-electron chi connectivity index (χ1n) is 8.39. The lowest BCUT2D eigenvalue weighted by molar-refractivity contribution is 0.0954. The number of carbonyl (C=O) groups is 1. The van der Waals surface area contributed by atoms with Crippen molar-refractivity contribution in [2.75, 3.05) is 25.5 Å². The third-order valence-electron chi connectivity index (χ3n) is 4.09. The summed E-state index contributed by atoms with van der Waals surface area (Å²) in [4.78, 5) is 27.1. The molecule has 0 bridgehead atoms. The number of carbonyl (C=O) groups excluding carboxylic acids is 1. The fourth-order valence-electron chi connectivity index (χ4n) is 2.60. The van der Waals surface area contributed by atoms with Crippen molar-refractivity contribution in [1.82, 2.24) is 24.8 Å². The van der Waals surface area contributed by atoms with Gasteiger partial charge in [-0.2, -0.15) is 0 Å². The molecule has 0 aliphatic carbocycles. The number of imidazole rings is 1. The first-order chi connectivity index (χ1) is 12.5. The summed E-state index contributed by atoms with van der Waals surface area (Å²) in [5, 5.41) is 2.94. The maximum absolute atomic E-state index is 12.4. The quantitative estimate of drug-likeness (QED) is 0.735. The molecule has 0 atom stereocenters. The average Bonchev–Trinajstić information content (AvgIpc) is 3.07. The van der Waals surface area contributed by atoms with Gasteiger partial charge in [0, 0.05) is 63.7 Å². The number of nitrogens with one attached hydrogen (secondary N) is 1. The molecule has 26 heavy (non-hydrogen) atoms. The average molecular weight is 350 g/mol. The summed E-state index contributed by atoms with van der Waals surface area (Å²) in [5.74, 6) is 1.65. The van der Waals surface area contributed by atoms with Gasteiger partial charge in [-0.05, 0) is 12.1 Å². The molecule has 0 saturated heterocycles. The normalized spacial score (nSPS) is 10.6. The van der Waals surface area contributed by atoms with Gasteiger partial charge >= 0.3 is 0 Å². The van der Waals surface area contributed by atoms with Gasteiger partial charge in [-0.1, -0.05) is 12.1 Å². The van der Waals surface area contributed by atoms with Crippen LogP contribution in [0.2, 0.25) is 0 Å². The Bertz CT molecular complexity index is 902. The van der Waals surface area contributed by atoms with Gasteiger partial charge in [0.2, 0.25) is 0 Å². The van der Waals surface area contributed by atoms with Crippen LogP contribution in [0, 0.1) is 0 Å². The third-order valence-corrected chi connectivity index (χ3v) is 4.09. The first kappa shape index (κ1) is 17.6. The van der Waals surface area contributed by atoms with Crippen LogP contribution in [0.25, 0.3) is 11.3 Å². The lowest BCUT2D eigenvalue weighted by Crippen LogP contribution is -2.26. The third kappa shape index (κ3) is 4.05. The van der Waals surface area contributed by atoms with Crippen LogP contribution in [0.15, 0.2) is 49.1 Å². The molecule has 1 amide bonds. The highest BCUT2D eigenvalue weighted by molar-refractivity contribution is 5.95. The second kappa shape index (κ2) is 7.77. The summed E-state index contributed by atoms with van der Waals surface area (Å²) in [5.41, 5.74) is 2.27. The van der Waals surface area contributed by atoms with E-state index in [1.165, 1.54) is 6.33 Å². The van der Waals surface area contributed by atoms with E-state index >= 15 is 0 Å². The van der Waals surface area contributed by atoms with E-state index in [4.69, 9.17) is 0 Å². The van der Waals surface area contributed by atoms with Crippen LogP contribution in [0.4, 0.5) is 5.82 Å². The lowest BCUT2D eigenvalue weighted by atomic mass is 10.1. The van der Waals surface area contributed by atoms with Crippen molar-refractivity contribution in [3.63, 3.8) is 0 Å². The van der Waals surface area contributed by atoms with Crippen molar-refractivity contribution < 1.29 is 4.79 Å². The second-order valence-corrected chi connectivity index (χ2v) is 6.20. The molecule has 2 aromatic heterocycles. The van der Waals surface area contributed by atoms with Crippen molar-refractivity contribution in [2.24, 2.45) is 7.05 Å². The van der Waals surface area contributed by atoms with Crippen LogP contribution >= 0.6 is 0 Å². The zero-order chi connectivity index (χ0) is 18.5. The topological polar surface area (TPSA) is 75.9 Å². The fourth-order valence-corrected chi connectivity index (χ4v) is 2.60. The van der Waals surface area contributed by atoms with Crippen molar-refractivity contribution in [3.05, 3.63) is 60.4 Å². The molecule has 1 N–H and O–H groups in total. The smallest absolute Gasteiger partial charge is 0.251 e. The fraction of sp³-hybridized carbons (Fsp3) is 0.263. The van der Waals surface area contributed by atoms with Gasteiger partial charge in [-0.25, -0.2) is 15.0 Å². The molecule has 3 rings (SSSR count). The number of hydrogen-bond donors (Lipinski definition) is 1. The number of aryl methyl sites for hydroxylation is 1. The highest BCUT2D eigenvalue weighted by atomic mass is 16.1. The minimum atomic E-state index is -0.108. The SMILES string of the molecule is CN(C)c1cc(-c2cccc(C(=O)NCCc3nccn3C)c2)ncn1. The number of hydrogen-bond acceptors (Lipinski definition) is 5. The number of amides is 1. The van der Waals surface area contributed by atoms with Gasteiger partial charge in [0.1, 0.15) is 18.0 Å². The van der Waals surface area contributed by atoms with Gasteiger partial charge < -0.3 is 14.8 Å². The van der Waals surface area contributed by atoms with Gasteiger partial charge in [0.15, 0.2) is 0 Å². The Morgan fingerprint density at radius 1 is 1.19 bits per heavy atom. The minimum Gasteiger partial charge on any atom is -0.363 e. The van der Waals surface area contributed by atoms with Crippen LogP contribution in [-0.2, 0) is 13.5 Å². The van der Waals surface area contributed by atoms with Gasteiger partial charge in [0.05, 0.1) is 5.69 Å². The number of nitrogens with zero attached hydrogens (tertiary/aromatic N) is 5. The summed E-state index contributed by atoms with van der Waals surface area (Å²) in [7, 11) is 5.80. The van der Waals surface area contributed by atoms with Crippen LogP contribution in [-0.4, -0.2) is 46.1 Å². The highest BCUT2D eigenvalue weighted by Crippen LogP contribution is 2.21. The van der Waals surface area contributed by atoms with E-state index < -0.39 is 0 Å². The van der Waals surface area contributed by atoms with Crippen LogP contribution in [0.1, 0.15) is 16.2 Å². The summed E-state index contributed by atoms with van der Waals surface area (Å²) < 4.78 is 1.95. The molecule has 0 aliphatic heterocycles. The summed E-state index contributed by atoms with van der Waals surface area (Å²) in [6.07, 6.45) is 5.87. The minimum absolute atomic E-state index is 0.108. The second-order valence-electron chi connectivity index (χ2n) is 6.20. The van der Waals surface area contributed by atoms with Crippen LogP contribution < -0.4 is 10.2 Å². The Labute approximate surface area is 152 Å². The van der Waals surface area contributed by atoms with E-state index in [9.17, 15) is 4.79 Å². The molecule has 0 radical (unpaired) electrons. The number of aromatic nitrogens is 4. The van der Waals surface area contributed by atoms with E-state index in [2.05, 4.69) is 20.3 Å². The maximum Gasteiger partial charge on any atom is 0.251 e. The molecule has 3 aromatic rings. The van der Waals surface area contributed by atoms with Gasteiger partial charge in [0.25, 0.3) is 5.91 Å². The van der Waals surface area contributed by atoms with Gasteiger partial charge in [-0.15, -0.1) is 0 Å². The molecule has 0 spiro atoms.